The molecule has 0 bridgehead atoms. The maximum Gasteiger partial charge on any atom is 0.331 e. The molecule has 2 rings (SSSR count). The van der Waals surface area contributed by atoms with Gasteiger partial charge in [0.05, 0.1) is 6.61 Å². The molecule has 1 amide bonds. The predicted molar refractivity (Wildman–Crippen MR) is 102 cm³/mol. The third-order valence-electron chi connectivity index (χ3n) is 3.68. The van der Waals surface area contributed by atoms with Gasteiger partial charge in [0.2, 0.25) is 0 Å². The number of carbonyl (C=O) groups excluding carboxylic acids is 2. The molecule has 1 N–H and O–H groups in total. The number of amides is 1. The van der Waals surface area contributed by atoms with Gasteiger partial charge in [0.25, 0.3) is 5.91 Å². The fraction of sp³-hybridized carbons (Fsp3) is 0.238. The third-order valence-corrected chi connectivity index (χ3v) is 3.68. The van der Waals surface area contributed by atoms with Gasteiger partial charge in [0.15, 0.2) is 6.10 Å². The van der Waals surface area contributed by atoms with Crippen molar-refractivity contribution in [2.45, 2.75) is 26.9 Å². The van der Waals surface area contributed by atoms with E-state index in [1.807, 2.05) is 38.1 Å². The van der Waals surface area contributed by atoms with Crippen molar-refractivity contribution in [3.8, 4) is 5.75 Å². The topological polar surface area (TPSA) is 64.6 Å². The van der Waals surface area contributed by atoms with Gasteiger partial charge in [-0.1, -0.05) is 24.3 Å². The zero-order valence-corrected chi connectivity index (χ0v) is 15.2. The Kier molecular flexibility index (Phi) is 6.97. The molecule has 0 aliphatic heterocycles. The molecule has 5 nitrogen and oxygen atoms in total. The Hall–Kier alpha value is -3.08. The van der Waals surface area contributed by atoms with Crippen LogP contribution in [0.2, 0.25) is 0 Å². The van der Waals surface area contributed by atoms with Crippen LogP contribution in [0.1, 0.15) is 25.0 Å². The molecule has 0 saturated heterocycles. The number of ether oxygens (including phenoxy) is 2. The second-order valence-corrected chi connectivity index (χ2v) is 5.72. The van der Waals surface area contributed by atoms with Crippen LogP contribution in [0.4, 0.5) is 5.69 Å². The summed E-state index contributed by atoms with van der Waals surface area (Å²) in [6.07, 6.45) is 2.09. The lowest BCUT2D eigenvalue weighted by Gasteiger charge is -2.12. The number of rotatable bonds is 7. The lowest BCUT2D eigenvalue weighted by Crippen LogP contribution is -2.29. The van der Waals surface area contributed by atoms with Crippen molar-refractivity contribution in [1.82, 2.24) is 0 Å². The van der Waals surface area contributed by atoms with Crippen molar-refractivity contribution < 1.29 is 19.1 Å². The maximum atomic E-state index is 12.1. The lowest BCUT2D eigenvalue weighted by molar-refractivity contribution is -0.148. The van der Waals surface area contributed by atoms with E-state index in [1.165, 1.54) is 13.0 Å². The molecule has 0 radical (unpaired) electrons. The fourth-order valence-corrected chi connectivity index (χ4v) is 2.24. The first-order valence-corrected chi connectivity index (χ1v) is 8.47. The third kappa shape index (κ3) is 5.77. The average molecular weight is 353 g/mol. The first-order valence-electron chi connectivity index (χ1n) is 8.47. The van der Waals surface area contributed by atoms with Gasteiger partial charge in [0.1, 0.15) is 5.75 Å². The highest BCUT2D eigenvalue weighted by atomic mass is 16.5. The van der Waals surface area contributed by atoms with Crippen molar-refractivity contribution in [1.29, 1.82) is 0 Å². The Morgan fingerprint density at radius 2 is 1.81 bits per heavy atom. The summed E-state index contributed by atoms with van der Waals surface area (Å²) < 4.78 is 10.5. The van der Waals surface area contributed by atoms with Crippen LogP contribution in [0.5, 0.6) is 5.75 Å². The summed E-state index contributed by atoms with van der Waals surface area (Å²) in [7, 11) is 0. The summed E-state index contributed by atoms with van der Waals surface area (Å²) >= 11 is 0. The molecule has 0 saturated carbocycles. The van der Waals surface area contributed by atoms with Crippen LogP contribution in [-0.4, -0.2) is 24.6 Å². The summed E-state index contributed by atoms with van der Waals surface area (Å²) in [5.41, 5.74) is 2.59. The Labute approximate surface area is 153 Å². The summed E-state index contributed by atoms with van der Waals surface area (Å²) in [6.45, 7) is 5.97. The van der Waals surface area contributed by atoms with Gasteiger partial charge >= 0.3 is 5.97 Å². The summed E-state index contributed by atoms with van der Waals surface area (Å²) in [6, 6.07) is 14.7. The largest absolute Gasteiger partial charge is 0.494 e. The average Bonchev–Trinajstić information content (AvgIpc) is 2.63. The Morgan fingerprint density at radius 3 is 2.46 bits per heavy atom. The van der Waals surface area contributed by atoms with E-state index in [9.17, 15) is 9.59 Å². The minimum absolute atomic E-state index is 0.396. The summed E-state index contributed by atoms with van der Waals surface area (Å²) in [4.78, 5) is 24.0. The molecule has 0 fully saturated rings. The minimum atomic E-state index is -0.907. The van der Waals surface area contributed by atoms with Gasteiger partial charge in [-0.2, -0.15) is 0 Å². The van der Waals surface area contributed by atoms with Crippen molar-refractivity contribution in [2.24, 2.45) is 0 Å². The van der Waals surface area contributed by atoms with Crippen LogP contribution in [-0.2, 0) is 14.3 Å². The molecule has 0 aliphatic carbocycles. The van der Waals surface area contributed by atoms with Crippen LogP contribution < -0.4 is 10.1 Å². The van der Waals surface area contributed by atoms with Crippen molar-refractivity contribution >= 4 is 23.6 Å². The zero-order chi connectivity index (χ0) is 18.9. The fourth-order valence-electron chi connectivity index (χ4n) is 2.24. The van der Waals surface area contributed by atoms with Gasteiger partial charge in [-0.05, 0) is 62.2 Å². The molecule has 5 heteroatoms. The van der Waals surface area contributed by atoms with Crippen LogP contribution in [0, 0.1) is 6.92 Å². The monoisotopic (exact) mass is 353 g/mol. The number of aryl methyl sites for hydroxylation is 1. The molecular formula is C21H23NO4. The van der Waals surface area contributed by atoms with E-state index in [2.05, 4.69) is 5.32 Å². The number of hydrogen-bond acceptors (Lipinski definition) is 4. The van der Waals surface area contributed by atoms with Gasteiger partial charge in [-0.15, -0.1) is 0 Å². The van der Waals surface area contributed by atoms with E-state index in [0.717, 1.165) is 16.9 Å². The van der Waals surface area contributed by atoms with E-state index in [0.29, 0.717) is 12.3 Å². The van der Waals surface area contributed by atoms with Crippen LogP contribution >= 0.6 is 0 Å². The second-order valence-electron chi connectivity index (χ2n) is 5.72. The molecule has 0 aromatic heterocycles. The normalized spacial score (nSPS) is 11.8. The van der Waals surface area contributed by atoms with Gasteiger partial charge in [-0.25, -0.2) is 4.79 Å². The number of nitrogens with one attached hydrogen (secondary N) is 1. The molecule has 2 aromatic rings. The highest BCUT2D eigenvalue weighted by Crippen LogP contribution is 2.16. The van der Waals surface area contributed by atoms with Crippen LogP contribution in [0.25, 0.3) is 6.08 Å². The van der Waals surface area contributed by atoms with E-state index in [-0.39, 0.29) is 0 Å². The number of carbonyl (C=O) groups is 2. The quantitative estimate of drug-likeness (QED) is 0.604. The first-order chi connectivity index (χ1) is 12.5. The molecule has 0 heterocycles. The Bertz CT molecular complexity index is 781. The molecule has 136 valence electrons. The van der Waals surface area contributed by atoms with E-state index in [1.54, 1.807) is 30.3 Å². The minimum Gasteiger partial charge on any atom is -0.494 e. The molecular weight excluding hydrogens is 330 g/mol. The number of benzene rings is 2. The Balaban J connectivity index is 1.87. The van der Waals surface area contributed by atoms with E-state index < -0.39 is 18.0 Å². The Morgan fingerprint density at radius 1 is 1.12 bits per heavy atom. The smallest absolute Gasteiger partial charge is 0.331 e. The van der Waals surface area contributed by atoms with Gasteiger partial charge in [-0.3, -0.25) is 4.79 Å². The van der Waals surface area contributed by atoms with Crippen LogP contribution in [0.3, 0.4) is 0 Å². The molecule has 26 heavy (non-hydrogen) atoms. The van der Waals surface area contributed by atoms with Crippen LogP contribution in [0.15, 0.2) is 54.6 Å². The number of esters is 1. The zero-order valence-electron chi connectivity index (χ0n) is 15.2. The van der Waals surface area contributed by atoms with Gasteiger partial charge < -0.3 is 14.8 Å². The van der Waals surface area contributed by atoms with E-state index in [4.69, 9.17) is 9.47 Å². The first kappa shape index (κ1) is 19.2. The molecule has 0 aliphatic rings. The molecule has 0 unspecified atom stereocenters. The maximum absolute atomic E-state index is 12.1. The van der Waals surface area contributed by atoms with Crippen molar-refractivity contribution in [2.75, 3.05) is 11.9 Å². The molecule has 0 spiro atoms. The number of hydrogen-bond donors (Lipinski definition) is 1. The second kappa shape index (κ2) is 9.42. The van der Waals surface area contributed by atoms with Crippen molar-refractivity contribution in [3.63, 3.8) is 0 Å². The standard InChI is InChI=1S/C21H23NO4/c1-4-25-19-12-10-18(11-13-19)22-21(24)16(3)26-20(23)14-9-17-8-6-5-7-15(17)2/h5-14,16H,4H2,1-3H3,(H,22,24)/b14-9+/t16-/m0/s1. The summed E-state index contributed by atoms with van der Waals surface area (Å²) in [5, 5.41) is 2.70. The number of anilines is 1. The van der Waals surface area contributed by atoms with Crippen molar-refractivity contribution in [3.05, 3.63) is 65.7 Å². The van der Waals surface area contributed by atoms with Gasteiger partial charge in [0, 0.05) is 11.8 Å². The highest BCUT2D eigenvalue weighted by Gasteiger charge is 2.16. The lowest BCUT2D eigenvalue weighted by atomic mass is 10.1. The highest BCUT2D eigenvalue weighted by molar-refractivity contribution is 5.96. The molecule has 2 aromatic carbocycles. The predicted octanol–water partition coefficient (Wildman–Crippen LogP) is 3.98. The van der Waals surface area contributed by atoms with E-state index >= 15 is 0 Å². The molecule has 1 atom stereocenters. The SMILES string of the molecule is CCOc1ccc(NC(=O)[C@H](C)OC(=O)/C=C/c2ccccc2C)cc1. The summed E-state index contributed by atoms with van der Waals surface area (Å²) in [5.74, 6) is -0.235.